The van der Waals surface area contributed by atoms with Gasteiger partial charge >= 0.3 is 0 Å². The summed E-state index contributed by atoms with van der Waals surface area (Å²) in [5.41, 5.74) is 4.32. The first-order chi connectivity index (χ1) is 14.0. The van der Waals surface area contributed by atoms with Gasteiger partial charge in [0.05, 0.1) is 17.0 Å². The molecule has 0 spiro atoms. The molecule has 2 aromatic carbocycles. The second-order valence-corrected chi connectivity index (χ2v) is 7.77. The monoisotopic (exact) mass is 407 g/mol. The van der Waals surface area contributed by atoms with Gasteiger partial charge < -0.3 is 4.42 Å². The molecule has 0 saturated carbocycles. The summed E-state index contributed by atoms with van der Waals surface area (Å²) in [5.74, 6) is -0.893. The van der Waals surface area contributed by atoms with Crippen LogP contribution in [0, 0.1) is 19.7 Å². The third-order valence-electron chi connectivity index (χ3n) is 5.23. The standard InChI is InChI=1S/C21H14FN3O3S/c1-10-7-14-15(8-11(10)2)28-19-16(18(14)26)17(12-3-5-13(22)6-4-12)25(20(19)27)21-24-23-9-29-21/h3-9,17H,1-2H3. The molecule has 0 N–H and O–H groups in total. The Morgan fingerprint density at radius 1 is 1.10 bits per heavy atom. The number of hydrogen-bond acceptors (Lipinski definition) is 6. The minimum Gasteiger partial charge on any atom is -0.450 e. The van der Waals surface area contributed by atoms with Gasteiger partial charge in [-0.2, -0.15) is 0 Å². The van der Waals surface area contributed by atoms with E-state index < -0.39 is 17.8 Å². The minimum atomic E-state index is -0.770. The van der Waals surface area contributed by atoms with Crippen LogP contribution in [-0.2, 0) is 0 Å². The van der Waals surface area contributed by atoms with Gasteiger partial charge in [0.25, 0.3) is 5.91 Å². The Morgan fingerprint density at radius 3 is 2.52 bits per heavy atom. The molecule has 0 fully saturated rings. The van der Waals surface area contributed by atoms with E-state index in [-0.39, 0.29) is 16.8 Å². The number of aryl methyl sites for hydroxylation is 2. The van der Waals surface area contributed by atoms with E-state index in [1.807, 2.05) is 13.8 Å². The summed E-state index contributed by atoms with van der Waals surface area (Å²) in [5, 5.41) is 8.57. The summed E-state index contributed by atoms with van der Waals surface area (Å²) in [4.78, 5) is 28.1. The molecule has 0 bridgehead atoms. The third-order valence-corrected chi connectivity index (χ3v) is 5.92. The zero-order valence-electron chi connectivity index (χ0n) is 15.5. The molecule has 5 rings (SSSR count). The van der Waals surface area contributed by atoms with Crippen LogP contribution >= 0.6 is 11.3 Å². The van der Waals surface area contributed by atoms with Gasteiger partial charge in [0.2, 0.25) is 10.9 Å². The molecule has 0 saturated heterocycles. The number of fused-ring (bicyclic) bond motifs is 2. The Balaban J connectivity index is 1.84. The van der Waals surface area contributed by atoms with Crippen molar-refractivity contribution in [1.29, 1.82) is 0 Å². The largest absolute Gasteiger partial charge is 0.450 e. The van der Waals surface area contributed by atoms with E-state index in [9.17, 15) is 14.0 Å². The van der Waals surface area contributed by atoms with Crippen LogP contribution < -0.4 is 10.3 Å². The van der Waals surface area contributed by atoms with Crippen LogP contribution in [-0.4, -0.2) is 16.1 Å². The van der Waals surface area contributed by atoms with Crippen LogP contribution in [0.25, 0.3) is 11.0 Å². The molecule has 3 heterocycles. The molecule has 1 unspecified atom stereocenters. The quantitative estimate of drug-likeness (QED) is 0.499. The summed E-state index contributed by atoms with van der Waals surface area (Å²) in [7, 11) is 0. The molecule has 1 amide bonds. The Kier molecular flexibility index (Phi) is 3.85. The fourth-order valence-electron chi connectivity index (χ4n) is 3.66. The van der Waals surface area contributed by atoms with Gasteiger partial charge in [-0.25, -0.2) is 4.39 Å². The Labute approximate surface area is 168 Å². The lowest BCUT2D eigenvalue weighted by Gasteiger charge is -2.21. The van der Waals surface area contributed by atoms with Gasteiger partial charge in [-0.15, -0.1) is 10.2 Å². The number of benzene rings is 2. The molecule has 1 aliphatic heterocycles. The topological polar surface area (TPSA) is 76.3 Å². The zero-order chi connectivity index (χ0) is 20.3. The molecule has 0 aliphatic carbocycles. The van der Waals surface area contributed by atoms with E-state index in [4.69, 9.17) is 4.42 Å². The fraction of sp³-hybridized carbons (Fsp3) is 0.143. The first kappa shape index (κ1) is 17.7. The number of hydrogen-bond donors (Lipinski definition) is 0. The Hall–Kier alpha value is -3.39. The van der Waals surface area contributed by atoms with Crippen LogP contribution in [0.15, 0.2) is 51.1 Å². The number of aromatic nitrogens is 2. The first-order valence-corrected chi connectivity index (χ1v) is 9.77. The lowest BCUT2D eigenvalue weighted by Crippen LogP contribution is -2.29. The van der Waals surface area contributed by atoms with E-state index in [0.717, 1.165) is 11.1 Å². The number of amides is 1. The summed E-state index contributed by atoms with van der Waals surface area (Å²) in [6.07, 6.45) is 0. The van der Waals surface area contributed by atoms with Crippen molar-refractivity contribution >= 4 is 33.3 Å². The lowest BCUT2D eigenvalue weighted by atomic mass is 9.97. The van der Waals surface area contributed by atoms with Crippen molar-refractivity contribution < 1.29 is 13.6 Å². The van der Waals surface area contributed by atoms with E-state index in [0.29, 0.717) is 21.7 Å². The number of halogens is 1. The fourth-order valence-corrected chi connectivity index (χ4v) is 4.24. The zero-order valence-corrected chi connectivity index (χ0v) is 16.3. The second-order valence-electron chi connectivity index (χ2n) is 6.96. The lowest BCUT2D eigenvalue weighted by molar-refractivity contribution is 0.0970. The van der Waals surface area contributed by atoms with Crippen molar-refractivity contribution in [3.63, 3.8) is 0 Å². The van der Waals surface area contributed by atoms with Gasteiger partial charge in [0.15, 0.2) is 5.43 Å². The third kappa shape index (κ3) is 2.60. The van der Waals surface area contributed by atoms with Gasteiger partial charge in [0, 0.05) is 0 Å². The molecule has 2 aromatic heterocycles. The van der Waals surface area contributed by atoms with Crippen molar-refractivity contribution in [2.75, 3.05) is 4.90 Å². The van der Waals surface area contributed by atoms with Gasteiger partial charge in [-0.1, -0.05) is 23.5 Å². The molecular weight excluding hydrogens is 393 g/mol. The van der Waals surface area contributed by atoms with Crippen LogP contribution in [0.2, 0.25) is 0 Å². The maximum Gasteiger partial charge on any atom is 0.297 e. The van der Waals surface area contributed by atoms with Gasteiger partial charge in [-0.05, 0) is 54.8 Å². The SMILES string of the molecule is Cc1cc2oc3c(c(=O)c2cc1C)C(c1ccc(F)cc1)N(c1nncs1)C3=O. The average Bonchev–Trinajstić information content (AvgIpc) is 3.31. The first-order valence-electron chi connectivity index (χ1n) is 8.89. The molecule has 1 aliphatic rings. The number of carbonyl (C=O) groups excluding carboxylic acids is 1. The number of nitrogens with zero attached hydrogens (tertiary/aromatic N) is 3. The Bertz CT molecular complexity index is 1330. The highest BCUT2D eigenvalue weighted by Gasteiger charge is 2.45. The van der Waals surface area contributed by atoms with E-state index in [1.165, 1.54) is 33.9 Å². The highest BCUT2D eigenvalue weighted by Crippen LogP contribution is 2.41. The van der Waals surface area contributed by atoms with Crippen molar-refractivity contribution in [3.05, 3.63) is 86.0 Å². The minimum absolute atomic E-state index is 0.0183. The predicted molar refractivity (Wildman–Crippen MR) is 107 cm³/mol. The molecule has 1 atom stereocenters. The molecule has 144 valence electrons. The number of carbonyl (C=O) groups is 1. The predicted octanol–water partition coefficient (Wildman–Crippen LogP) is 4.15. The Morgan fingerprint density at radius 2 is 1.83 bits per heavy atom. The van der Waals surface area contributed by atoms with E-state index in [2.05, 4.69) is 10.2 Å². The maximum absolute atomic E-state index is 13.5. The van der Waals surface area contributed by atoms with Crippen molar-refractivity contribution in [2.24, 2.45) is 0 Å². The van der Waals surface area contributed by atoms with Crippen LogP contribution in [0.5, 0.6) is 0 Å². The molecule has 0 radical (unpaired) electrons. The molecule has 4 aromatic rings. The highest BCUT2D eigenvalue weighted by atomic mass is 32.1. The van der Waals surface area contributed by atoms with Crippen molar-refractivity contribution in [3.8, 4) is 0 Å². The maximum atomic E-state index is 13.5. The summed E-state index contributed by atoms with van der Waals surface area (Å²) in [6.45, 7) is 3.83. The van der Waals surface area contributed by atoms with Crippen molar-refractivity contribution in [2.45, 2.75) is 19.9 Å². The summed E-state index contributed by atoms with van der Waals surface area (Å²) >= 11 is 1.18. The number of anilines is 1. The van der Waals surface area contributed by atoms with E-state index in [1.54, 1.807) is 24.3 Å². The van der Waals surface area contributed by atoms with E-state index >= 15 is 0 Å². The molecule has 29 heavy (non-hydrogen) atoms. The van der Waals surface area contributed by atoms with Crippen LogP contribution in [0.1, 0.15) is 38.9 Å². The van der Waals surface area contributed by atoms with Crippen LogP contribution in [0.3, 0.4) is 0 Å². The van der Waals surface area contributed by atoms with Gasteiger partial charge in [-0.3, -0.25) is 14.5 Å². The summed E-state index contributed by atoms with van der Waals surface area (Å²) in [6, 6.07) is 8.48. The number of rotatable bonds is 2. The average molecular weight is 407 g/mol. The normalized spacial score (nSPS) is 15.9. The van der Waals surface area contributed by atoms with Gasteiger partial charge in [0.1, 0.15) is 16.9 Å². The highest BCUT2D eigenvalue weighted by molar-refractivity contribution is 7.13. The molecule has 6 nitrogen and oxygen atoms in total. The molecule has 8 heteroatoms. The second kappa shape index (κ2) is 6.31. The smallest absolute Gasteiger partial charge is 0.297 e. The van der Waals surface area contributed by atoms with Crippen molar-refractivity contribution in [1.82, 2.24) is 10.2 Å². The summed E-state index contributed by atoms with van der Waals surface area (Å²) < 4.78 is 19.4. The molecular formula is C21H14FN3O3S. The van der Waals surface area contributed by atoms with Crippen LogP contribution in [0.4, 0.5) is 9.52 Å².